The van der Waals surface area contributed by atoms with Crippen LogP contribution in [-0.4, -0.2) is 5.91 Å². The van der Waals surface area contributed by atoms with Gasteiger partial charge in [0.15, 0.2) is 0 Å². The van der Waals surface area contributed by atoms with Crippen LogP contribution in [0.15, 0.2) is 30.3 Å². The molecule has 0 saturated heterocycles. The molecule has 2 aromatic rings. The van der Waals surface area contributed by atoms with Crippen molar-refractivity contribution in [2.24, 2.45) is 0 Å². The quantitative estimate of drug-likeness (QED) is 0.835. The molecule has 21 heavy (non-hydrogen) atoms. The maximum atomic E-state index is 12.2. The van der Waals surface area contributed by atoms with E-state index in [-0.39, 0.29) is 22.2 Å². The van der Waals surface area contributed by atoms with Crippen LogP contribution in [0, 0.1) is 13.8 Å². The van der Waals surface area contributed by atoms with Crippen LogP contribution in [-0.2, 0) is 6.54 Å². The van der Waals surface area contributed by atoms with Crippen molar-refractivity contribution in [2.45, 2.75) is 20.4 Å². The topological polar surface area (TPSA) is 55.1 Å². The zero-order valence-corrected chi connectivity index (χ0v) is 13.3. The molecular formula is C16H16Cl2N2O. The van der Waals surface area contributed by atoms with Crippen molar-refractivity contribution < 1.29 is 4.79 Å². The van der Waals surface area contributed by atoms with Gasteiger partial charge in [0.25, 0.3) is 5.91 Å². The lowest BCUT2D eigenvalue weighted by atomic mass is 10.1. The lowest BCUT2D eigenvalue weighted by Crippen LogP contribution is -2.24. The van der Waals surface area contributed by atoms with Gasteiger partial charge in [-0.1, -0.05) is 41.4 Å². The number of carbonyl (C=O) groups excluding carboxylic acids is 1. The summed E-state index contributed by atoms with van der Waals surface area (Å²) in [6.45, 7) is 4.50. The van der Waals surface area contributed by atoms with Gasteiger partial charge in [-0.2, -0.15) is 0 Å². The zero-order valence-electron chi connectivity index (χ0n) is 11.8. The Morgan fingerprint density at radius 1 is 1.14 bits per heavy atom. The lowest BCUT2D eigenvalue weighted by molar-refractivity contribution is 0.0952. The molecule has 0 fully saturated rings. The molecule has 0 radical (unpaired) electrons. The summed E-state index contributed by atoms with van der Waals surface area (Å²) in [6, 6.07) is 9.07. The molecule has 0 aliphatic heterocycles. The third-order valence-electron chi connectivity index (χ3n) is 3.34. The number of halogens is 2. The Morgan fingerprint density at radius 3 is 2.48 bits per heavy atom. The molecule has 0 aliphatic carbocycles. The molecule has 2 rings (SSSR count). The van der Waals surface area contributed by atoms with Gasteiger partial charge >= 0.3 is 0 Å². The van der Waals surface area contributed by atoms with Crippen molar-refractivity contribution >= 4 is 34.8 Å². The molecule has 0 saturated carbocycles. The first-order valence-electron chi connectivity index (χ1n) is 6.47. The second-order valence-electron chi connectivity index (χ2n) is 4.95. The smallest absolute Gasteiger partial charge is 0.255 e. The third-order valence-corrected chi connectivity index (χ3v) is 3.85. The maximum Gasteiger partial charge on any atom is 0.255 e. The summed E-state index contributed by atoms with van der Waals surface area (Å²) in [5, 5.41) is 3.47. The minimum Gasteiger partial charge on any atom is -0.398 e. The number of anilines is 1. The van der Waals surface area contributed by atoms with E-state index in [4.69, 9.17) is 28.9 Å². The molecule has 0 heterocycles. The van der Waals surface area contributed by atoms with Gasteiger partial charge in [0, 0.05) is 17.3 Å². The van der Waals surface area contributed by atoms with Gasteiger partial charge in [-0.3, -0.25) is 4.79 Å². The van der Waals surface area contributed by atoms with Gasteiger partial charge in [0.2, 0.25) is 0 Å². The van der Waals surface area contributed by atoms with E-state index in [1.54, 1.807) is 0 Å². The van der Waals surface area contributed by atoms with Crippen molar-refractivity contribution in [3.05, 3.63) is 62.6 Å². The van der Waals surface area contributed by atoms with Crippen molar-refractivity contribution in [3.8, 4) is 0 Å². The number of amides is 1. The Bertz CT molecular complexity index is 676. The van der Waals surface area contributed by atoms with Crippen LogP contribution in [0.1, 0.15) is 27.0 Å². The van der Waals surface area contributed by atoms with E-state index in [2.05, 4.69) is 5.32 Å². The van der Waals surface area contributed by atoms with Crippen LogP contribution < -0.4 is 11.1 Å². The first-order chi connectivity index (χ1) is 9.88. The second kappa shape index (κ2) is 6.37. The van der Waals surface area contributed by atoms with Crippen LogP contribution in [0.2, 0.25) is 10.0 Å². The van der Waals surface area contributed by atoms with Gasteiger partial charge in [-0.25, -0.2) is 0 Å². The number of nitrogens with one attached hydrogen (secondary N) is 1. The predicted molar refractivity (Wildman–Crippen MR) is 88.0 cm³/mol. The van der Waals surface area contributed by atoms with Crippen molar-refractivity contribution in [1.82, 2.24) is 5.32 Å². The molecule has 5 heteroatoms. The summed E-state index contributed by atoms with van der Waals surface area (Å²) in [4.78, 5) is 12.2. The SMILES string of the molecule is Cc1ccc(CNC(=O)c2c(N)cc(Cl)cc2Cl)cc1C. The van der Waals surface area contributed by atoms with E-state index in [0.717, 1.165) is 5.56 Å². The Hall–Kier alpha value is -1.71. The predicted octanol–water partition coefficient (Wildman–Crippen LogP) is 4.12. The summed E-state index contributed by atoms with van der Waals surface area (Å²) >= 11 is 11.9. The van der Waals surface area contributed by atoms with E-state index in [1.165, 1.54) is 23.3 Å². The van der Waals surface area contributed by atoms with Gasteiger partial charge in [0.1, 0.15) is 0 Å². The summed E-state index contributed by atoms with van der Waals surface area (Å²) < 4.78 is 0. The molecule has 0 spiro atoms. The van der Waals surface area contributed by atoms with Crippen LogP contribution in [0.3, 0.4) is 0 Å². The second-order valence-corrected chi connectivity index (χ2v) is 5.80. The first-order valence-corrected chi connectivity index (χ1v) is 7.23. The Labute approximate surface area is 134 Å². The molecule has 0 unspecified atom stereocenters. The number of aryl methyl sites for hydroxylation is 2. The number of hydrogen-bond donors (Lipinski definition) is 2. The van der Waals surface area contributed by atoms with Crippen LogP contribution in [0.25, 0.3) is 0 Å². The van der Waals surface area contributed by atoms with E-state index in [9.17, 15) is 4.79 Å². The molecule has 0 aliphatic rings. The minimum atomic E-state index is -0.313. The van der Waals surface area contributed by atoms with Crippen molar-refractivity contribution in [3.63, 3.8) is 0 Å². The average Bonchev–Trinajstić information content (AvgIpc) is 2.39. The summed E-state index contributed by atoms with van der Waals surface area (Å²) in [6.07, 6.45) is 0. The highest BCUT2D eigenvalue weighted by atomic mass is 35.5. The van der Waals surface area contributed by atoms with Gasteiger partial charge < -0.3 is 11.1 Å². The van der Waals surface area contributed by atoms with Gasteiger partial charge in [-0.15, -0.1) is 0 Å². The summed E-state index contributed by atoms with van der Waals surface area (Å²) in [5.74, 6) is -0.313. The van der Waals surface area contributed by atoms with Crippen LogP contribution in [0.5, 0.6) is 0 Å². The molecule has 0 atom stereocenters. The van der Waals surface area contributed by atoms with Crippen LogP contribution in [0.4, 0.5) is 5.69 Å². The number of nitrogen functional groups attached to an aromatic ring is 1. The first kappa shape index (κ1) is 15.7. The summed E-state index contributed by atoms with van der Waals surface area (Å²) in [7, 11) is 0. The van der Waals surface area contributed by atoms with E-state index in [0.29, 0.717) is 11.6 Å². The lowest BCUT2D eigenvalue weighted by Gasteiger charge is -2.11. The number of benzene rings is 2. The fraction of sp³-hybridized carbons (Fsp3) is 0.188. The molecule has 1 amide bonds. The Balaban J connectivity index is 2.13. The van der Waals surface area contributed by atoms with E-state index >= 15 is 0 Å². The molecule has 110 valence electrons. The molecule has 3 nitrogen and oxygen atoms in total. The van der Waals surface area contributed by atoms with Gasteiger partial charge in [-0.05, 0) is 42.7 Å². The normalized spacial score (nSPS) is 10.5. The molecule has 0 aromatic heterocycles. The number of hydrogen-bond acceptors (Lipinski definition) is 2. The number of rotatable bonds is 3. The van der Waals surface area contributed by atoms with Crippen molar-refractivity contribution in [2.75, 3.05) is 5.73 Å². The molecular weight excluding hydrogens is 307 g/mol. The molecule has 2 aromatic carbocycles. The Kier molecular flexibility index (Phi) is 4.76. The fourth-order valence-electron chi connectivity index (χ4n) is 2.02. The number of carbonyl (C=O) groups is 1. The molecule has 0 bridgehead atoms. The largest absolute Gasteiger partial charge is 0.398 e. The third kappa shape index (κ3) is 3.69. The van der Waals surface area contributed by atoms with Crippen molar-refractivity contribution in [1.29, 1.82) is 0 Å². The standard InChI is InChI=1S/C16H16Cl2N2O/c1-9-3-4-11(5-10(9)2)8-20-16(21)15-13(18)6-12(17)7-14(15)19/h3-7H,8,19H2,1-2H3,(H,20,21). The van der Waals surface area contributed by atoms with Crippen LogP contribution >= 0.6 is 23.2 Å². The minimum absolute atomic E-state index is 0.248. The monoisotopic (exact) mass is 322 g/mol. The Morgan fingerprint density at radius 2 is 1.86 bits per heavy atom. The molecule has 3 N–H and O–H groups in total. The maximum absolute atomic E-state index is 12.2. The van der Waals surface area contributed by atoms with E-state index < -0.39 is 0 Å². The highest BCUT2D eigenvalue weighted by Gasteiger charge is 2.15. The summed E-state index contributed by atoms with van der Waals surface area (Å²) in [5.41, 5.74) is 9.76. The zero-order chi connectivity index (χ0) is 15.6. The average molecular weight is 323 g/mol. The number of nitrogens with two attached hydrogens (primary N) is 1. The highest BCUT2D eigenvalue weighted by Crippen LogP contribution is 2.27. The highest BCUT2D eigenvalue weighted by molar-refractivity contribution is 6.37. The van der Waals surface area contributed by atoms with Gasteiger partial charge in [0.05, 0.1) is 10.6 Å². The fourth-order valence-corrected chi connectivity index (χ4v) is 2.61. The van der Waals surface area contributed by atoms with E-state index in [1.807, 2.05) is 32.0 Å².